The van der Waals surface area contributed by atoms with Crippen molar-refractivity contribution in [1.29, 1.82) is 0 Å². The smallest absolute Gasteiger partial charge is 0.220 e. The summed E-state index contributed by atoms with van der Waals surface area (Å²) >= 11 is 0. The molecule has 136 valence electrons. The van der Waals surface area contributed by atoms with E-state index in [4.69, 9.17) is 0 Å². The molecule has 1 saturated carbocycles. The van der Waals surface area contributed by atoms with E-state index in [1.807, 2.05) is 30.3 Å². The van der Waals surface area contributed by atoms with Crippen molar-refractivity contribution < 1.29 is 14.3 Å². The molecule has 0 heterocycles. The third-order valence-corrected chi connectivity index (χ3v) is 5.79. The van der Waals surface area contributed by atoms with Gasteiger partial charge in [0, 0.05) is 12.8 Å². The number of carbonyl (C=O) groups is 1. The Morgan fingerprint density at radius 1 is 1.23 bits per heavy atom. The number of rotatable bonds is 5. The summed E-state index contributed by atoms with van der Waals surface area (Å²) in [5.74, 6) is 0.313. The van der Waals surface area contributed by atoms with Crippen LogP contribution in [0.3, 0.4) is 0 Å². The lowest BCUT2D eigenvalue weighted by molar-refractivity contribution is -0.122. The molecule has 2 aliphatic carbocycles. The van der Waals surface area contributed by atoms with Crippen molar-refractivity contribution >= 4 is 16.7 Å². The minimum Gasteiger partial charge on any atom is -0.390 e. The first-order valence-electron chi connectivity index (χ1n) is 9.40. The summed E-state index contributed by atoms with van der Waals surface area (Å²) in [6.07, 6.45) is 4.86. The first-order valence-corrected chi connectivity index (χ1v) is 9.40. The molecule has 2 N–H and O–H groups in total. The van der Waals surface area contributed by atoms with Gasteiger partial charge in [-0.15, -0.1) is 0 Å². The lowest BCUT2D eigenvalue weighted by atomic mass is 9.89. The van der Waals surface area contributed by atoms with Crippen LogP contribution in [0.4, 0.5) is 4.39 Å². The summed E-state index contributed by atoms with van der Waals surface area (Å²) in [6.45, 7) is 0. The van der Waals surface area contributed by atoms with Gasteiger partial charge in [-0.25, -0.2) is 4.39 Å². The van der Waals surface area contributed by atoms with E-state index in [2.05, 4.69) is 17.4 Å². The van der Waals surface area contributed by atoms with E-state index >= 15 is 0 Å². The van der Waals surface area contributed by atoms with Crippen LogP contribution in [0.5, 0.6) is 0 Å². The SMILES string of the molecule is O=C(CCC1CC=C(F)CC1)N[C@@]1(c2ccc3ccccc3c2)CC1O. The lowest BCUT2D eigenvalue weighted by Gasteiger charge is -2.21. The van der Waals surface area contributed by atoms with Crippen molar-refractivity contribution in [3.8, 4) is 0 Å². The van der Waals surface area contributed by atoms with Crippen molar-refractivity contribution in [1.82, 2.24) is 5.32 Å². The van der Waals surface area contributed by atoms with Crippen LogP contribution in [0.25, 0.3) is 10.8 Å². The number of hydrogen-bond acceptors (Lipinski definition) is 2. The zero-order valence-corrected chi connectivity index (χ0v) is 14.7. The van der Waals surface area contributed by atoms with Gasteiger partial charge in [-0.05, 0) is 54.0 Å². The Morgan fingerprint density at radius 3 is 2.69 bits per heavy atom. The maximum atomic E-state index is 13.1. The number of allylic oxidation sites excluding steroid dienone is 2. The predicted molar refractivity (Wildman–Crippen MR) is 100 cm³/mol. The van der Waals surface area contributed by atoms with Crippen molar-refractivity contribution in [2.75, 3.05) is 0 Å². The number of aliphatic hydroxyl groups is 1. The fourth-order valence-corrected chi connectivity index (χ4v) is 3.99. The van der Waals surface area contributed by atoms with Crippen LogP contribution < -0.4 is 5.32 Å². The van der Waals surface area contributed by atoms with Gasteiger partial charge in [0.15, 0.2) is 0 Å². The van der Waals surface area contributed by atoms with Gasteiger partial charge in [-0.2, -0.15) is 0 Å². The quantitative estimate of drug-likeness (QED) is 0.840. The summed E-state index contributed by atoms with van der Waals surface area (Å²) < 4.78 is 13.1. The van der Waals surface area contributed by atoms with Gasteiger partial charge < -0.3 is 10.4 Å². The van der Waals surface area contributed by atoms with E-state index in [-0.39, 0.29) is 11.7 Å². The minimum atomic E-state index is -0.653. The normalized spacial score (nSPS) is 27.8. The number of benzene rings is 2. The lowest BCUT2D eigenvalue weighted by Crippen LogP contribution is -2.37. The van der Waals surface area contributed by atoms with Crippen LogP contribution in [-0.2, 0) is 10.3 Å². The van der Waals surface area contributed by atoms with Crippen LogP contribution in [0, 0.1) is 5.92 Å². The van der Waals surface area contributed by atoms with Crippen LogP contribution >= 0.6 is 0 Å². The Morgan fingerprint density at radius 2 is 2.00 bits per heavy atom. The third kappa shape index (κ3) is 3.38. The van der Waals surface area contributed by atoms with E-state index < -0.39 is 11.6 Å². The second kappa shape index (κ2) is 6.84. The van der Waals surface area contributed by atoms with Gasteiger partial charge in [0.05, 0.1) is 17.5 Å². The molecule has 2 aromatic rings. The molecule has 0 radical (unpaired) electrons. The Labute approximate surface area is 152 Å². The van der Waals surface area contributed by atoms with E-state index in [1.54, 1.807) is 6.08 Å². The summed E-state index contributed by atoms with van der Waals surface area (Å²) in [5, 5.41) is 15.6. The highest BCUT2D eigenvalue weighted by atomic mass is 19.1. The second-order valence-electron chi connectivity index (χ2n) is 7.63. The zero-order valence-electron chi connectivity index (χ0n) is 14.7. The fraction of sp³-hybridized carbons (Fsp3) is 0.409. The Bertz CT molecular complexity index is 862. The molecule has 0 saturated heterocycles. The number of aliphatic hydroxyl groups excluding tert-OH is 1. The monoisotopic (exact) mass is 353 g/mol. The van der Waals surface area contributed by atoms with E-state index in [0.717, 1.165) is 35.6 Å². The molecule has 4 rings (SSSR count). The number of hydrogen-bond donors (Lipinski definition) is 2. The van der Waals surface area contributed by atoms with E-state index in [0.29, 0.717) is 25.2 Å². The van der Waals surface area contributed by atoms with Crippen LogP contribution in [0.2, 0.25) is 0 Å². The Kier molecular flexibility index (Phi) is 4.53. The number of halogens is 1. The summed E-state index contributed by atoms with van der Waals surface area (Å²) in [7, 11) is 0. The van der Waals surface area contributed by atoms with Crippen molar-refractivity contribution in [2.45, 2.75) is 50.2 Å². The molecule has 0 aliphatic heterocycles. The predicted octanol–water partition coefficient (Wildman–Crippen LogP) is 4.35. The van der Waals surface area contributed by atoms with Gasteiger partial charge in [0.1, 0.15) is 0 Å². The molecule has 26 heavy (non-hydrogen) atoms. The van der Waals surface area contributed by atoms with Crippen LogP contribution in [0.1, 0.15) is 44.1 Å². The molecule has 1 amide bonds. The minimum absolute atomic E-state index is 0.0259. The molecular weight excluding hydrogens is 329 g/mol. The molecule has 3 atom stereocenters. The highest BCUT2D eigenvalue weighted by Crippen LogP contribution is 2.46. The molecule has 2 aliphatic rings. The molecular formula is C22H24FNO2. The van der Waals surface area contributed by atoms with Gasteiger partial charge in [0.25, 0.3) is 0 Å². The van der Waals surface area contributed by atoms with E-state index in [9.17, 15) is 14.3 Å². The van der Waals surface area contributed by atoms with E-state index in [1.165, 1.54) is 0 Å². The molecule has 2 aromatic carbocycles. The summed E-state index contributed by atoms with van der Waals surface area (Å²) in [6, 6.07) is 14.2. The Hall–Kier alpha value is -2.20. The molecule has 2 unspecified atom stereocenters. The molecule has 0 aromatic heterocycles. The van der Waals surface area contributed by atoms with Crippen molar-refractivity contribution in [2.24, 2.45) is 5.92 Å². The molecule has 3 nitrogen and oxygen atoms in total. The van der Waals surface area contributed by atoms with Crippen molar-refractivity contribution in [3.05, 3.63) is 59.9 Å². The number of carbonyl (C=O) groups excluding carboxylic acids is 1. The maximum Gasteiger partial charge on any atom is 0.220 e. The average molecular weight is 353 g/mol. The summed E-state index contributed by atoms with van der Waals surface area (Å²) in [5.41, 5.74) is 0.305. The number of amides is 1. The molecule has 4 heteroatoms. The molecule has 1 fully saturated rings. The zero-order chi connectivity index (χ0) is 18.1. The molecule has 0 spiro atoms. The second-order valence-corrected chi connectivity index (χ2v) is 7.63. The highest BCUT2D eigenvalue weighted by molar-refractivity contribution is 5.84. The highest BCUT2D eigenvalue weighted by Gasteiger charge is 2.56. The van der Waals surface area contributed by atoms with Crippen LogP contribution in [0.15, 0.2) is 54.4 Å². The number of nitrogens with one attached hydrogen (secondary N) is 1. The topological polar surface area (TPSA) is 49.3 Å². The standard InChI is InChI=1S/C22H24FNO2/c23-19-10-5-15(6-11-19)7-12-21(26)24-22(14-20(22)25)18-9-8-16-3-1-2-4-17(16)13-18/h1-4,8-10,13,15,20,25H,5-7,11-12,14H2,(H,24,26)/t15?,20?,22-/m1/s1. The largest absolute Gasteiger partial charge is 0.390 e. The Balaban J connectivity index is 1.42. The van der Waals surface area contributed by atoms with Crippen LogP contribution in [-0.4, -0.2) is 17.1 Å². The maximum absolute atomic E-state index is 13.1. The average Bonchev–Trinajstić information content (AvgIpc) is 3.31. The number of fused-ring (bicyclic) bond motifs is 1. The van der Waals surface area contributed by atoms with Crippen molar-refractivity contribution in [3.63, 3.8) is 0 Å². The summed E-state index contributed by atoms with van der Waals surface area (Å²) in [4.78, 5) is 12.5. The first-order chi connectivity index (χ1) is 12.6. The van der Waals surface area contributed by atoms with Gasteiger partial charge >= 0.3 is 0 Å². The third-order valence-electron chi connectivity index (χ3n) is 5.79. The van der Waals surface area contributed by atoms with Gasteiger partial charge in [0.2, 0.25) is 5.91 Å². The fourth-order valence-electron chi connectivity index (χ4n) is 3.99. The van der Waals surface area contributed by atoms with Gasteiger partial charge in [-0.3, -0.25) is 4.79 Å². The van der Waals surface area contributed by atoms with Gasteiger partial charge in [-0.1, -0.05) is 42.5 Å². The molecule has 0 bridgehead atoms. The first kappa shape index (κ1) is 17.2.